The minimum absolute atomic E-state index is 0.0451. The molecular weight excluding hydrogens is 260 g/mol. The number of benzene rings is 1. The van der Waals surface area contributed by atoms with E-state index < -0.39 is 10.1 Å². The van der Waals surface area contributed by atoms with Gasteiger partial charge >= 0.3 is 0 Å². The first-order valence-electron chi connectivity index (χ1n) is 6.73. The molecule has 108 valence electrons. The molecule has 0 radical (unpaired) electrons. The van der Waals surface area contributed by atoms with Crippen molar-refractivity contribution in [2.75, 3.05) is 0 Å². The largest absolute Gasteiger partial charge is 0.294 e. The molecular formula is C15H24O3S. The molecule has 0 aliphatic heterocycles. The summed E-state index contributed by atoms with van der Waals surface area (Å²) >= 11 is 0. The van der Waals surface area contributed by atoms with E-state index in [0.29, 0.717) is 5.92 Å². The molecule has 1 atom stereocenters. The van der Waals surface area contributed by atoms with E-state index in [1.165, 1.54) is 25.0 Å². The van der Waals surface area contributed by atoms with Crippen LogP contribution in [0.3, 0.4) is 0 Å². The Balaban J connectivity index is 2.81. The van der Waals surface area contributed by atoms with E-state index in [9.17, 15) is 8.42 Å². The van der Waals surface area contributed by atoms with Gasteiger partial charge in [0.25, 0.3) is 10.1 Å². The Morgan fingerprint density at radius 2 is 1.74 bits per heavy atom. The van der Waals surface area contributed by atoms with E-state index in [0.717, 1.165) is 12.0 Å². The summed E-state index contributed by atoms with van der Waals surface area (Å²) in [6.07, 6.45) is 3.41. The highest BCUT2D eigenvalue weighted by molar-refractivity contribution is 7.85. The van der Waals surface area contributed by atoms with Crippen molar-refractivity contribution >= 4 is 10.1 Å². The zero-order valence-corrected chi connectivity index (χ0v) is 13.0. The van der Waals surface area contributed by atoms with Crippen molar-refractivity contribution in [2.45, 2.75) is 57.8 Å². The molecule has 0 amide bonds. The standard InChI is InChI=1S/C15H24O3S/c1-5-10-15(3,4)11-12(2)13-6-8-14(9-7-13)19(16,17)18/h6-9,12H,5,10-11H2,1-4H3,(H,16,17,18). The third kappa shape index (κ3) is 4.96. The van der Waals surface area contributed by atoms with Gasteiger partial charge in [-0.1, -0.05) is 46.2 Å². The molecule has 0 spiro atoms. The number of hydrogen-bond acceptors (Lipinski definition) is 2. The highest BCUT2D eigenvalue weighted by atomic mass is 32.2. The molecule has 1 aromatic carbocycles. The van der Waals surface area contributed by atoms with Gasteiger partial charge in [-0.15, -0.1) is 0 Å². The Bertz CT molecular complexity index is 501. The molecule has 0 heterocycles. The lowest BCUT2D eigenvalue weighted by Crippen LogP contribution is -2.14. The fourth-order valence-electron chi connectivity index (χ4n) is 2.69. The molecule has 1 aromatic rings. The van der Waals surface area contributed by atoms with Crippen LogP contribution in [-0.2, 0) is 10.1 Å². The Labute approximate surface area is 116 Å². The first kappa shape index (κ1) is 16.2. The van der Waals surface area contributed by atoms with Crippen molar-refractivity contribution < 1.29 is 13.0 Å². The zero-order chi connectivity index (χ0) is 14.7. The summed E-state index contributed by atoms with van der Waals surface area (Å²) in [7, 11) is -4.09. The summed E-state index contributed by atoms with van der Waals surface area (Å²) in [4.78, 5) is -0.0451. The lowest BCUT2D eigenvalue weighted by atomic mass is 9.78. The quantitative estimate of drug-likeness (QED) is 0.794. The minimum Gasteiger partial charge on any atom is -0.282 e. The summed E-state index contributed by atoms with van der Waals surface area (Å²) in [5.41, 5.74) is 1.40. The maximum atomic E-state index is 11.0. The topological polar surface area (TPSA) is 54.4 Å². The number of hydrogen-bond donors (Lipinski definition) is 1. The van der Waals surface area contributed by atoms with Gasteiger partial charge in [-0.25, -0.2) is 0 Å². The molecule has 1 rings (SSSR count). The van der Waals surface area contributed by atoms with Crippen molar-refractivity contribution in [1.29, 1.82) is 0 Å². The monoisotopic (exact) mass is 284 g/mol. The summed E-state index contributed by atoms with van der Waals surface area (Å²) in [6, 6.07) is 6.51. The fourth-order valence-corrected chi connectivity index (χ4v) is 3.17. The van der Waals surface area contributed by atoms with Crippen molar-refractivity contribution in [3.8, 4) is 0 Å². The Hall–Kier alpha value is -0.870. The molecule has 0 fully saturated rings. The number of rotatable bonds is 6. The summed E-state index contributed by atoms with van der Waals surface area (Å²) in [5, 5.41) is 0. The van der Waals surface area contributed by atoms with Gasteiger partial charge < -0.3 is 0 Å². The van der Waals surface area contributed by atoms with E-state index in [1.807, 2.05) is 0 Å². The summed E-state index contributed by atoms with van der Waals surface area (Å²) in [6.45, 7) is 8.87. The lowest BCUT2D eigenvalue weighted by molar-refractivity contribution is 0.284. The van der Waals surface area contributed by atoms with Gasteiger partial charge in [-0.3, -0.25) is 4.55 Å². The minimum atomic E-state index is -4.09. The molecule has 4 heteroatoms. The first-order valence-corrected chi connectivity index (χ1v) is 8.17. The SMILES string of the molecule is CCCC(C)(C)CC(C)c1ccc(S(=O)(=O)O)cc1. The maximum Gasteiger partial charge on any atom is 0.294 e. The van der Waals surface area contributed by atoms with E-state index in [1.54, 1.807) is 12.1 Å². The van der Waals surface area contributed by atoms with Gasteiger partial charge in [0.1, 0.15) is 0 Å². The molecule has 0 aromatic heterocycles. The second-order valence-electron chi connectivity index (χ2n) is 6.06. The highest BCUT2D eigenvalue weighted by Gasteiger charge is 2.21. The Morgan fingerprint density at radius 1 is 1.21 bits per heavy atom. The second kappa shape index (κ2) is 6.06. The average molecular weight is 284 g/mol. The predicted octanol–water partition coefficient (Wildman–Crippen LogP) is 4.25. The first-order chi connectivity index (χ1) is 8.65. The molecule has 0 aliphatic carbocycles. The van der Waals surface area contributed by atoms with Crippen molar-refractivity contribution in [3.63, 3.8) is 0 Å². The van der Waals surface area contributed by atoms with E-state index in [2.05, 4.69) is 27.7 Å². The zero-order valence-electron chi connectivity index (χ0n) is 12.2. The van der Waals surface area contributed by atoms with Crippen LogP contribution in [-0.4, -0.2) is 13.0 Å². The van der Waals surface area contributed by atoms with Crippen LogP contribution in [0.1, 0.15) is 58.4 Å². The van der Waals surface area contributed by atoms with Crippen molar-refractivity contribution in [3.05, 3.63) is 29.8 Å². The molecule has 0 saturated carbocycles. The molecule has 19 heavy (non-hydrogen) atoms. The molecule has 0 bridgehead atoms. The summed E-state index contributed by atoms with van der Waals surface area (Å²) in [5.74, 6) is 0.372. The van der Waals surface area contributed by atoms with Gasteiger partial charge in [0.15, 0.2) is 0 Å². The van der Waals surface area contributed by atoms with Gasteiger partial charge in [0, 0.05) is 0 Å². The van der Waals surface area contributed by atoms with E-state index >= 15 is 0 Å². The predicted molar refractivity (Wildman–Crippen MR) is 78.0 cm³/mol. The third-order valence-corrected chi connectivity index (χ3v) is 4.40. The van der Waals surface area contributed by atoms with Crippen LogP contribution in [0.15, 0.2) is 29.2 Å². The van der Waals surface area contributed by atoms with E-state index in [-0.39, 0.29) is 10.3 Å². The van der Waals surface area contributed by atoms with Crippen LogP contribution in [0.25, 0.3) is 0 Å². The molecule has 0 saturated heterocycles. The fraction of sp³-hybridized carbons (Fsp3) is 0.600. The third-order valence-electron chi connectivity index (χ3n) is 3.53. The van der Waals surface area contributed by atoms with Crippen LogP contribution in [0.4, 0.5) is 0 Å². The van der Waals surface area contributed by atoms with Crippen LogP contribution >= 0.6 is 0 Å². The second-order valence-corrected chi connectivity index (χ2v) is 7.49. The highest BCUT2D eigenvalue weighted by Crippen LogP contribution is 2.35. The smallest absolute Gasteiger partial charge is 0.282 e. The van der Waals surface area contributed by atoms with Gasteiger partial charge in [0.2, 0.25) is 0 Å². The Morgan fingerprint density at radius 3 is 2.16 bits per heavy atom. The maximum absolute atomic E-state index is 11.0. The van der Waals surface area contributed by atoms with E-state index in [4.69, 9.17) is 4.55 Å². The Kier molecular flexibility index (Phi) is 5.16. The van der Waals surface area contributed by atoms with Crippen molar-refractivity contribution in [2.24, 2.45) is 5.41 Å². The molecule has 0 aliphatic rings. The average Bonchev–Trinajstić information content (AvgIpc) is 2.27. The van der Waals surface area contributed by atoms with Crippen LogP contribution in [0.5, 0.6) is 0 Å². The molecule has 1 N–H and O–H groups in total. The van der Waals surface area contributed by atoms with Crippen molar-refractivity contribution in [1.82, 2.24) is 0 Å². The normalized spacial score (nSPS) is 14.4. The van der Waals surface area contributed by atoms with Crippen LogP contribution in [0.2, 0.25) is 0 Å². The lowest BCUT2D eigenvalue weighted by Gasteiger charge is -2.28. The van der Waals surface area contributed by atoms with Gasteiger partial charge in [0.05, 0.1) is 4.90 Å². The summed E-state index contributed by atoms with van der Waals surface area (Å²) < 4.78 is 30.9. The molecule has 1 unspecified atom stereocenters. The molecule has 3 nitrogen and oxygen atoms in total. The van der Waals surface area contributed by atoms with Gasteiger partial charge in [-0.2, -0.15) is 8.42 Å². The van der Waals surface area contributed by atoms with Crippen LogP contribution in [0, 0.1) is 5.41 Å². The van der Waals surface area contributed by atoms with Gasteiger partial charge in [-0.05, 0) is 41.9 Å². The van der Waals surface area contributed by atoms with Crippen LogP contribution < -0.4 is 0 Å².